The summed E-state index contributed by atoms with van der Waals surface area (Å²) in [7, 11) is 1.65. The van der Waals surface area contributed by atoms with E-state index in [1.54, 1.807) is 19.5 Å². The Morgan fingerprint density at radius 2 is 2.07 bits per heavy atom. The number of aromatic nitrogens is 2. The molecule has 3 heterocycles. The summed E-state index contributed by atoms with van der Waals surface area (Å²) in [5, 5.41) is 2.96. The topological polar surface area (TPSA) is 76.5 Å². The minimum Gasteiger partial charge on any atom is -0.385 e. The Labute approximate surface area is 159 Å². The van der Waals surface area contributed by atoms with Crippen LogP contribution in [-0.4, -0.2) is 59.6 Å². The largest absolute Gasteiger partial charge is 0.385 e. The van der Waals surface area contributed by atoms with Crippen LogP contribution in [0.5, 0.6) is 0 Å². The molecule has 0 bridgehead atoms. The summed E-state index contributed by atoms with van der Waals surface area (Å²) >= 11 is 0. The van der Waals surface area contributed by atoms with Crippen molar-refractivity contribution in [2.24, 2.45) is 5.92 Å². The summed E-state index contributed by atoms with van der Waals surface area (Å²) < 4.78 is 6.84. The van der Waals surface area contributed by atoms with Crippen molar-refractivity contribution in [2.45, 2.75) is 19.3 Å². The summed E-state index contributed by atoms with van der Waals surface area (Å²) in [6.07, 6.45) is 7.50. The number of amides is 2. The van der Waals surface area contributed by atoms with Gasteiger partial charge in [-0.25, -0.2) is 0 Å². The zero-order chi connectivity index (χ0) is 19.1. The van der Waals surface area contributed by atoms with E-state index < -0.39 is 0 Å². The lowest BCUT2D eigenvalue weighted by atomic mass is 9.95. The van der Waals surface area contributed by atoms with Crippen molar-refractivity contribution in [3.05, 3.63) is 48.5 Å². The van der Waals surface area contributed by atoms with E-state index >= 15 is 0 Å². The lowest BCUT2D eigenvalue weighted by Gasteiger charge is -2.31. The van der Waals surface area contributed by atoms with Crippen LogP contribution in [-0.2, 0) is 9.53 Å². The maximum atomic E-state index is 12.9. The maximum absolute atomic E-state index is 12.9. The van der Waals surface area contributed by atoms with E-state index in [-0.39, 0.29) is 17.7 Å². The minimum atomic E-state index is -0.0262. The third kappa shape index (κ3) is 4.74. The lowest BCUT2D eigenvalue weighted by molar-refractivity contribution is -0.126. The summed E-state index contributed by atoms with van der Waals surface area (Å²) in [4.78, 5) is 31.1. The number of carbonyl (C=O) groups is 2. The minimum absolute atomic E-state index is 0.0113. The number of hydrogen-bond donors (Lipinski definition) is 1. The molecule has 27 heavy (non-hydrogen) atoms. The second kappa shape index (κ2) is 9.32. The SMILES string of the molecule is COCCCNC(=O)C1CCN(C(=O)c2cccn2-c2cccnc2)CC1. The average molecular weight is 370 g/mol. The van der Waals surface area contributed by atoms with E-state index in [1.165, 1.54) is 0 Å². The van der Waals surface area contributed by atoms with Gasteiger partial charge in [0, 0.05) is 51.7 Å². The molecule has 2 amide bonds. The number of rotatable bonds is 7. The Morgan fingerprint density at radius 1 is 1.26 bits per heavy atom. The number of pyridine rings is 1. The quantitative estimate of drug-likeness (QED) is 0.755. The van der Waals surface area contributed by atoms with Crippen molar-refractivity contribution < 1.29 is 14.3 Å². The molecule has 1 N–H and O–H groups in total. The van der Waals surface area contributed by atoms with Gasteiger partial charge in [0.15, 0.2) is 0 Å². The average Bonchev–Trinajstić information content (AvgIpc) is 3.21. The van der Waals surface area contributed by atoms with Gasteiger partial charge in [-0.3, -0.25) is 14.6 Å². The molecule has 0 aromatic carbocycles. The summed E-state index contributed by atoms with van der Waals surface area (Å²) in [5.74, 6) is 0.0430. The predicted molar refractivity (Wildman–Crippen MR) is 102 cm³/mol. The Balaban J connectivity index is 1.55. The van der Waals surface area contributed by atoms with Gasteiger partial charge in [0.1, 0.15) is 5.69 Å². The van der Waals surface area contributed by atoms with Crippen molar-refractivity contribution in [3.8, 4) is 5.69 Å². The fourth-order valence-electron chi connectivity index (χ4n) is 3.36. The van der Waals surface area contributed by atoms with Crippen LogP contribution in [0.4, 0.5) is 0 Å². The number of piperidine rings is 1. The van der Waals surface area contributed by atoms with E-state index in [4.69, 9.17) is 4.74 Å². The Morgan fingerprint density at radius 3 is 2.78 bits per heavy atom. The van der Waals surface area contributed by atoms with Crippen LogP contribution in [0.25, 0.3) is 5.69 Å². The number of carbonyl (C=O) groups excluding carboxylic acids is 2. The first kappa shape index (κ1) is 19.1. The van der Waals surface area contributed by atoms with Crippen LogP contribution < -0.4 is 5.32 Å². The highest BCUT2D eigenvalue weighted by atomic mass is 16.5. The zero-order valence-corrected chi connectivity index (χ0v) is 15.6. The molecule has 1 fully saturated rings. The molecule has 1 aliphatic heterocycles. The molecule has 1 saturated heterocycles. The van der Waals surface area contributed by atoms with Crippen molar-refractivity contribution in [1.29, 1.82) is 0 Å². The first-order valence-corrected chi connectivity index (χ1v) is 9.34. The van der Waals surface area contributed by atoms with E-state index in [2.05, 4.69) is 10.3 Å². The maximum Gasteiger partial charge on any atom is 0.270 e. The normalized spacial score (nSPS) is 14.9. The molecule has 0 aliphatic carbocycles. The molecule has 3 rings (SSSR count). The molecule has 0 unspecified atom stereocenters. The highest BCUT2D eigenvalue weighted by molar-refractivity contribution is 5.93. The Kier molecular flexibility index (Phi) is 6.59. The van der Waals surface area contributed by atoms with Crippen LogP contribution in [0, 0.1) is 5.92 Å². The van der Waals surface area contributed by atoms with Gasteiger partial charge in [-0.15, -0.1) is 0 Å². The summed E-state index contributed by atoms with van der Waals surface area (Å²) in [6, 6.07) is 7.45. The highest BCUT2D eigenvalue weighted by Gasteiger charge is 2.28. The van der Waals surface area contributed by atoms with Gasteiger partial charge in [-0.2, -0.15) is 0 Å². The standard InChI is InChI=1S/C20H26N4O3/c1-27-14-4-10-22-19(25)16-7-12-23(13-8-16)20(26)18-6-3-11-24(18)17-5-2-9-21-15-17/h2-3,5-6,9,11,15-16H,4,7-8,10,12-14H2,1H3,(H,22,25). The molecular formula is C20H26N4O3. The highest BCUT2D eigenvalue weighted by Crippen LogP contribution is 2.21. The molecule has 0 radical (unpaired) electrons. The van der Waals surface area contributed by atoms with Gasteiger partial charge in [-0.1, -0.05) is 0 Å². The third-order valence-corrected chi connectivity index (χ3v) is 4.87. The predicted octanol–water partition coefficient (Wildman–Crippen LogP) is 1.88. The van der Waals surface area contributed by atoms with Crippen molar-refractivity contribution in [1.82, 2.24) is 19.8 Å². The second-order valence-electron chi connectivity index (χ2n) is 6.68. The Hall–Kier alpha value is -2.67. The Bertz CT molecular complexity index is 752. The smallest absolute Gasteiger partial charge is 0.270 e. The molecular weight excluding hydrogens is 344 g/mol. The molecule has 144 valence electrons. The number of nitrogens with zero attached hydrogens (tertiary/aromatic N) is 3. The van der Waals surface area contributed by atoms with Gasteiger partial charge >= 0.3 is 0 Å². The van der Waals surface area contributed by atoms with Crippen LogP contribution >= 0.6 is 0 Å². The van der Waals surface area contributed by atoms with Crippen molar-refractivity contribution in [3.63, 3.8) is 0 Å². The number of nitrogens with one attached hydrogen (secondary N) is 1. The van der Waals surface area contributed by atoms with Gasteiger partial charge < -0.3 is 19.5 Å². The van der Waals surface area contributed by atoms with E-state index in [9.17, 15) is 9.59 Å². The molecule has 7 nitrogen and oxygen atoms in total. The van der Waals surface area contributed by atoms with Gasteiger partial charge in [0.25, 0.3) is 5.91 Å². The van der Waals surface area contributed by atoms with Crippen LogP contribution in [0.3, 0.4) is 0 Å². The molecule has 0 atom stereocenters. The van der Waals surface area contributed by atoms with E-state index in [0.29, 0.717) is 44.8 Å². The summed E-state index contributed by atoms with van der Waals surface area (Å²) in [5.41, 5.74) is 1.47. The van der Waals surface area contributed by atoms with Crippen LogP contribution in [0.15, 0.2) is 42.9 Å². The molecule has 1 aliphatic rings. The molecule has 7 heteroatoms. The van der Waals surface area contributed by atoms with E-state index in [1.807, 2.05) is 39.9 Å². The number of likely N-dealkylation sites (tertiary alicyclic amines) is 1. The first-order valence-electron chi connectivity index (χ1n) is 9.34. The lowest BCUT2D eigenvalue weighted by Crippen LogP contribution is -2.43. The van der Waals surface area contributed by atoms with Gasteiger partial charge in [0.2, 0.25) is 5.91 Å². The third-order valence-electron chi connectivity index (χ3n) is 4.87. The number of ether oxygens (including phenoxy) is 1. The van der Waals surface area contributed by atoms with Crippen molar-refractivity contribution >= 4 is 11.8 Å². The van der Waals surface area contributed by atoms with E-state index in [0.717, 1.165) is 12.1 Å². The zero-order valence-electron chi connectivity index (χ0n) is 15.6. The fraction of sp³-hybridized carbons (Fsp3) is 0.450. The molecule has 0 spiro atoms. The molecule has 0 saturated carbocycles. The first-order chi connectivity index (χ1) is 13.2. The van der Waals surface area contributed by atoms with Crippen molar-refractivity contribution in [2.75, 3.05) is 33.4 Å². The number of hydrogen-bond acceptors (Lipinski definition) is 4. The molecule has 2 aromatic heterocycles. The summed E-state index contributed by atoms with van der Waals surface area (Å²) in [6.45, 7) is 2.45. The van der Waals surface area contributed by atoms with Gasteiger partial charge in [-0.05, 0) is 43.5 Å². The fourth-order valence-corrected chi connectivity index (χ4v) is 3.36. The molecule has 2 aromatic rings. The van der Waals surface area contributed by atoms with Gasteiger partial charge in [0.05, 0.1) is 11.9 Å². The monoisotopic (exact) mass is 370 g/mol. The number of methoxy groups -OCH3 is 1. The second-order valence-corrected chi connectivity index (χ2v) is 6.68. The van der Waals surface area contributed by atoms with Crippen LogP contribution in [0.2, 0.25) is 0 Å². The van der Waals surface area contributed by atoms with Crippen LogP contribution in [0.1, 0.15) is 29.8 Å².